The Morgan fingerprint density at radius 2 is 2.05 bits per heavy atom. The van der Waals surface area contributed by atoms with E-state index >= 15 is 0 Å². The number of sulfonamides is 1. The summed E-state index contributed by atoms with van der Waals surface area (Å²) in [5.74, 6) is -1.60. The Balaban J connectivity index is 2.42. The van der Waals surface area contributed by atoms with Gasteiger partial charge in [0.25, 0.3) is 0 Å². The molecule has 0 aliphatic carbocycles. The maximum absolute atomic E-state index is 12.6. The minimum absolute atomic E-state index is 0.0690. The van der Waals surface area contributed by atoms with E-state index in [1.54, 1.807) is 0 Å². The number of hydrogen-bond acceptors (Lipinski definition) is 5. The quantitative estimate of drug-likeness (QED) is 0.844. The lowest BCUT2D eigenvalue weighted by molar-refractivity contribution is 0.0696. The van der Waals surface area contributed by atoms with Crippen LogP contribution in [0, 0.1) is 0 Å². The van der Waals surface area contributed by atoms with E-state index in [0.29, 0.717) is 0 Å². The summed E-state index contributed by atoms with van der Waals surface area (Å²) in [6.07, 6.45) is 0.203. The van der Waals surface area contributed by atoms with Gasteiger partial charge >= 0.3 is 5.97 Å². The molecule has 1 heterocycles. The Labute approximate surface area is 133 Å². The maximum atomic E-state index is 12.6. The SMILES string of the molecule is CN([C@H]1CCS(=O)(=O)C1)S(=O)(=O)c1cc(C(=O)O)ccc1Cl. The van der Waals surface area contributed by atoms with Crippen LogP contribution in [0.25, 0.3) is 0 Å². The van der Waals surface area contributed by atoms with Crippen LogP contribution in [0.3, 0.4) is 0 Å². The molecule has 122 valence electrons. The van der Waals surface area contributed by atoms with Gasteiger partial charge in [0.1, 0.15) is 4.90 Å². The second-order valence-electron chi connectivity index (χ2n) is 5.03. The van der Waals surface area contributed by atoms with Gasteiger partial charge in [-0.25, -0.2) is 21.6 Å². The average Bonchev–Trinajstić information content (AvgIpc) is 2.78. The van der Waals surface area contributed by atoms with Gasteiger partial charge in [-0.1, -0.05) is 11.6 Å². The van der Waals surface area contributed by atoms with Gasteiger partial charge < -0.3 is 5.11 Å². The highest BCUT2D eigenvalue weighted by molar-refractivity contribution is 7.92. The molecular formula is C12H14ClNO6S2. The number of carboxylic acid groups (broad SMARTS) is 1. The van der Waals surface area contributed by atoms with E-state index in [4.69, 9.17) is 16.7 Å². The molecule has 0 bridgehead atoms. The normalized spacial score (nSPS) is 21.1. The Bertz CT molecular complexity index is 818. The molecule has 1 N–H and O–H groups in total. The smallest absolute Gasteiger partial charge is 0.335 e. The number of aromatic carboxylic acids is 1. The lowest BCUT2D eigenvalue weighted by atomic mass is 10.2. The fourth-order valence-electron chi connectivity index (χ4n) is 2.25. The van der Waals surface area contributed by atoms with E-state index in [-0.39, 0.29) is 33.4 Å². The maximum Gasteiger partial charge on any atom is 0.335 e. The summed E-state index contributed by atoms with van der Waals surface area (Å²) in [6.45, 7) is 0. The molecule has 0 aromatic heterocycles. The van der Waals surface area contributed by atoms with E-state index in [1.807, 2.05) is 0 Å². The van der Waals surface area contributed by atoms with Crippen molar-refractivity contribution in [2.24, 2.45) is 0 Å². The van der Waals surface area contributed by atoms with Crippen LogP contribution < -0.4 is 0 Å². The first-order valence-corrected chi connectivity index (χ1v) is 9.90. The first-order chi connectivity index (χ1) is 10.0. The summed E-state index contributed by atoms with van der Waals surface area (Å²) in [4.78, 5) is 10.6. The third-order valence-corrected chi connectivity index (χ3v) is 7.70. The Morgan fingerprint density at radius 1 is 1.41 bits per heavy atom. The Kier molecular flexibility index (Phi) is 4.54. The molecule has 1 fully saturated rings. The highest BCUT2D eigenvalue weighted by Crippen LogP contribution is 2.28. The molecule has 1 aromatic rings. The first-order valence-electron chi connectivity index (χ1n) is 6.26. The monoisotopic (exact) mass is 367 g/mol. The minimum atomic E-state index is -4.09. The van der Waals surface area contributed by atoms with Crippen LogP contribution in [-0.2, 0) is 19.9 Å². The molecule has 10 heteroatoms. The number of carbonyl (C=O) groups is 1. The number of sulfone groups is 1. The Hall–Kier alpha value is -1.16. The highest BCUT2D eigenvalue weighted by Gasteiger charge is 2.37. The van der Waals surface area contributed by atoms with Crippen molar-refractivity contribution >= 4 is 37.4 Å². The fourth-order valence-corrected chi connectivity index (χ4v) is 6.00. The van der Waals surface area contributed by atoms with Crippen molar-refractivity contribution in [2.45, 2.75) is 17.4 Å². The molecular weight excluding hydrogens is 354 g/mol. The molecule has 1 aliphatic rings. The summed E-state index contributed by atoms with van der Waals surface area (Å²) in [5, 5.41) is 8.84. The van der Waals surface area contributed by atoms with Gasteiger partial charge in [0.15, 0.2) is 9.84 Å². The van der Waals surface area contributed by atoms with Crippen molar-refractivity contribution in [3.63, 3.8) is 0 Å². The number of rotatable bonds is 4. The standard InChI is InChI=1S/C12H14ClNO6S2/c1-14(9-4-5-21(17,18)7-9)22(19,20)11-6-8(12(15)16)2-3-10(11)13/h2-3,6,9H,4-5,7H2,1H3,(H,15,16)/t9-/m0/s1. The molecule has 0 amide bonds. The molecule has 0 radical (unpaired) electrons. The van der Waals surface area contributed by atoms with Crippen LogP contribution in [0.4, 0.5) is 0 Å². The molecule has 7 nitrogen and oxygen atoms in total. The van der Waals surface area contributed by atoms with E-state index in [0.717, 1.165) is 10.4 Å². The number of nitrogens with zero attached hydrogens (tertiary/aromatic N) is 1. The molecule has 0 unspecified atom stereocenters. The van der Waals surface area contributed by atoms with Gasteiger partial charge in [0.05, 0.1) is 22.1 Å². The fraction of sp³-hybridized carbons (Fsp3) is 0.417. The second-order valence-corrected chi connectivity index (χ2v) is 9.63. The minimum Gasteiger partial charge on any atom is -0.478 e. The van der Waals surface area contributed by atoms with E-state index in [9.17, 15) is 21.6 Å². The van der Waals surface area contributed by atoms with Crippen molar-refractivity contribution in [3.8, 4) is 0 Å². The molecule has 22 heavy (non-hydrogen) atoms. The topological polar surface area (TPSA) is 109 Å². The predicted molar refractivity (Wildman–Crippen MR) is 80.4 cm³/mol. The first kappa shape index (κ1) is 17.2. The van der Waals surface area contributed by atoms with Crippen LogP contribution in [0.15, 0.2) is 23.1 Å². The summed E-state index contributed by atoms with van der Waals surface area (Å²) in [7, 11) is -6.07. The van der Waals surface area contributed by atoms with Crippen LogP contribution >= 0.6 is 11.6 Å². The third-order valence-electron chi connectivity index (χ3n) is 3.56. The third kappa shape index (κ3) is 3.27. The van der Waals surface area contributed by atoms with E-state index in [1.165, 1.54) is 19.2 Å². The van der Waals surface area contributed by atoms with Gasteiger partial charge in [-0.2, -0.15) is 4.31 Å². The van der Waals surface area contributed by atoms with Gasteiger partial charge in [0.2, 0.25) is 10.0 Å². The average molecular weight is 368 g/mol. The zero-order valence-corrected chi connectivity index (χ0v) is 13.9. The molecule has 2 rings (SSSR count). The second kappa shape index (κ2) is 5.80. The van der Waals surface area contributed by atoms with E-state index in [2.05, 4.69) is 0 Å². The number of hydrogen-bond donors (Lipinski definition) is 1. The Morgan fingerprint density at radius 3 is 2.55 bits per heavy atom. The van der Waals surface area contributed by atoms with Crippen molar-refractivity contribution in [1.29, 1.82) is 0 Å². The summed E-state index contributed by atoms with van der Waals surface area (Å²) >= 11 is 5.88. The zero-order valence-electron chi connectivity index (χ0n) is 11.6. The van der Waals surface area contributed by atoms with Gasteiger partial charge in [-0.05, 0) is 24.6 Å². The van der Waals surface area contributed by atoms with Gasteiger partial charge in [0, 0.05) is 13.1 Å². The van der Waals surface area contributed by atoms with Crippen molar-refractivity contribution in [2.75, 3.05) is 18.6 Å². The van der Waals surface area contributed by atoms with Crippen molar-refractivity contribution < 1.29 is 26.7 Å². The van der Waals surface area contributed by atoms with Crippen LogP contribution in [0.1, 0.15) is 16.8 Å². The molecule has 1 aromatic carbocycles. The molecule has 0 saturated carbocycles. The number of carboxylic acids is 1. The lowest BCUT2D eigenvalue weighted by Gasteiger charge is -2.23. The lowest BCUT2D eigenvalue weighted by Crippen LogP contribution is -2.38. The largest absolute Gasteiger partial charge is 0.478 e. The number of benzene rings is 1. The zero-order chi connectivity index (χ0) is 16.7. The highest BCUT2D eigenvalue weighted by atomic mass is 35.5. The van der Waals surface area contributed by atoms with Crippen LogP contribution in [0.2, 0.25) is 5.02 Å². The van der Waals surface area contributed by atoms with Crippen LogP contribution in [0.5, 0.6) is 0 Å². The summed E-state index contributed by atoms with van der Waals surface area (Å²) in [6, 6.07) is 2.68. The van der Waals surface area contributed by atoms with E-state index < -0.39 is 31.9 Å². The molecule has 1 aliphatic heterocycles. The number of halogens is 1. The van der Waals surface area contributed by atoms with Gasteiger partial charge in [-0.3, -0.25) is 0 Å². The van der Waals surface area contributed by atoms with Crippen LogP contribution in [-0.4, -0.2) is 56.8 Å². The summed E-state index contributed by atoms with van der Waals surface area (Å²) in [5.41, 5.74) is -0.213. The molecule has 1 atom stereocenters. The van der Waals surface area contributed by atoms with Crippen molar-refractivity contribution in [3.05, 3.63) is 28.8 Å². The summed E-state index contributed by atoms with van der Waals surface area (Å²) < 4.78 is 49.1. The van der Waals surface area contributed by atoms with Crippen molar-refractivity contribution in [1.82, 2.24) is 4.31 Å². The predicted octanol–water partition coefficient (Wildman–Crippen LogP) is 0.846. The molecule has 0 spiro atoms. The van der Waals surface area contributed by atoms with Gasteiger partial charge in [-0.15, -0.1) is 0 Å². The molecule has 1 saturated heterocycles.